The molecule has 0 aromatic carbocycles. The number of carbonyl (C=O) groups is 1. The normalized spacial score (nSPS) is 23.5. The molecule has 8 atom stereocenters. The fourth-order valence-corrected chi connectivity index (χ4v) is 9.14. The second-order valence-corrected chi connectivity index (χ2v) is 20.0. The number of Topliss-reactive ketones (excluding diaryl/α,β-unsaturated/α-hetero) is 1. The van der Waals surface area contributed by atoms with E-state index in [1.54, 1.807) is 6.92 Å². The highest BCUT2D eigenvalue weighted by Crippen LogP contribution is 2.42. The number of rotatable bonds is 33. The molecule has 6 N–H and O–H groups in total. The predicted molar refractivity (Wildman–Crippen MR) is 207 cm³/mol. The Kier molecular flexibility index (Phi) is 27.8. The zero-order chi connectivity index (χ0) is 37.2. The molecule has 0 bridgehead atoms. The highest BCUT2D eigenvalue weighted by molar-refractivity contribution is 8.32. The lowest BCUT2D eigenvalue weighted by atomic mass is 9.90. The summed E-state index contributed by atoms with van der Waals surface area (Å²) in [5.41, 5.74) is 0. The Morgan fingerprint density at radius 2 is 1.14 bits per heavy atom. The van der Waals surface area contributed by atoms with Crippen LogP contribution in [0.3, 0.4) is 0 Å². The number of carbonyl (C=O) groups excluding carboxylic acids is 1. The quantitative estimate of drug-likeness (QED) is 0.0400. The number of ether oxygens (including phenoxy) is 2. The van der Waals surface area contributed by atoms with Gasteiger partial charge in [-0.15, -0.1) is 0 Å². The molecule has 5 unspecified atom stereocenters. The van der Waals surface area contributed by atoms with Crippen LogP contribution in [0.4, 0.5) is 0 Å². The van der Waals surface area contributed by atoms with Gasteiger partial charge in [-0.05, 0) is 49.7 Å². The van der Waals surface area contributed by atoms with Gasteiger partial charge in [0.1, 0.15) is 30.2 Å². The van der Waals surface area contributed by atoms with Gasteiger partial charge in [0.2, 0.25) is 0 Å². The summed E-state index contributed by atoms with van der Waals surface area (Å²) >= 11 is 0. The Balaban J connectivity index is 2.18. The van der Waals surface area contributed by atoms with Gasteiger partial charge in [0.05, 0.1) is 25.4 Å². The van der Waals surface area contributed by atoms with Gasteiger partial charge >= 0.3 is 0 Å². The van der Waals surface area contributed by atoms with Crippen LogP contribution in [0.1, 0.15) is 162 Å². The van der Waals surface area contributed by atoms with Crippen LogP contribution in [-0.4, -0.2) is 117 Å². The van der Waals surface area contributed by atoms with E-state index in [-0.39, 0.29) is 18.8 Å². The Bertz CT molecular complexity index is 814. The van der Waals surface area contributed by atoms with E-state index >= 15 is 0 Å². The Labute approximate surface area is 307 Å². The Hall–Kier alpha value is -0.300. The number of hydrogen-bond donors (Lipinski definition) is 6. The first-order chi connectivity index (χ1) is 24.0. The summed E-state index contributed by atoms with van der Waals surface area (Å²) in [6, 6.07) is 0. The minimum atomic E-state index is -1.58. The van der Waals surface area contributed by atoms with E-state index in [0.717, 1.165) is 19.3 Å². The lowest BCUT2D eigenvalue weighted by molar-refractivity contribution is -0.304. The van der Waals surface area contributed by atoms with Crippen LogP contribution in [0.5, 0.6) is 0 Å². The zero-order valence-electron chi connectivity index (χ0n) is 32.5. The van der Waals surface area contributed by atoms with Gasteiger partial charge in [0.15, 0.2) is 6.29 Å². The fraction of sp³-hybridized carbons (Fsp3) is 0.975. The largest absolute Gasteiger partial charge is 0.394 e. The molecule has 0 aromatic heterocycles. The van der Waals surface area contributed by atoms with Crippen molar-refractivity contribution in [3.63, 3.8) is 0 Å². The van der Waals surface area contributed by atoms with E-state index in [1.807, 2.05) is 0 Å². The molecule has 1 saturated heterocycles. The number of hydrogen-bond acceptors (Lipinski definition) is 9. The van der Waals surface area contributed by atoms with Gasteiger partial charge in [-0.25, -0.2) is 10.0 Å². The Morgan fingerprint density at radius 1 is 0.680 bits per heavy atom. The van der Waals surface area contributed by atoms with Gasteiger partial charge in [-0.3, -0.25) is 4.79 Å². The van der Waals surface area contributed by atoms with E-state index in [9.17, 15) is 35.4 Å². The summed E-state index contributed by atoms with van der Waals surface area (Å²) in [7, 11) is -0.576. The van der Waals surface area contributed by atoms with Crippen molar-refractivity contribution in [1.82, 2.24) is 0 Å². The fourth-order valence-electron chi connectivity index (χ4n) is 6.96. The maximum atomic E-state index is 12.9. The van der Waals surface area contributed by atoms with E-state index in [2.05, 4.69) is 19.4 Å². The maximum absolute atomic E-state index is 12.9. The molecule has 1 aliphatic rings. The van der Waals surface area contributed by atoms with E-state index in [0.29, 0.717) is 12.8 Å². The Morgan fingerprint density at radius 3 is 1.60 bits per heavy atom. The van der Waals surface area contributed by atoms with Crippen LogP contribution in [-0.2, 0) is 14.3 Å². The highest BCUT2D eigenvalue weighted by Gasteiger charge is 2.44. The molecule has 1 rings (SSSR count). The van der Waals surface area contributed by atoms with Crippen LogP contribution in [0, 0.1) is 5.92 Å². The minimum absolute atomic E-state index is 0.00609. The predicted octanol–water partition coefficient (Wildman–Crippen LogP) is 6.79. The average Bonchev–Trinajstić information content (AvgIpc) is 3.10. The monoisotopic (exact) mass is 737 g/mol. The van der Waals surface area contributed by atoms with Crippen LogP contribution in [0.15, 0.2) is 0 Å². The third-order valence-corrected chi connectivity index (χ3v) is 13.3. The summed E-state index contributed by atoms with van der Waals surface area (Å²) in [6.07, 6.45) is 22.7. The minimum Gasteiger partial charge on any atom is -0.394 e. The third kappa shape index (κ3) is 21.4. The van der Waals surface area contributed by atoms with Crippen molar-refractivity contribution >= 4 is 15.8 Å². The molecule has 1 fully saturated rings. The SMILES string of the molecule is CCCCCCCCCCCCCCCCCCS(C)(C)CCCCCCC(=O)C[C@@H](COC1OC(CO)C(O)C(O)C1O)[C@H](O)[C@H](O)CC. The second kappa shape index (κ2) is 29.1. The van der Waals surface area contributed by atoms with Crippen LogP contribution >= 0.6 is 10.0 Å². The van der Waals surface area contributed by atoms with Crippen molar-refractivity contribution < 1.29 is 44.9 Å². The van der Waals surface area contributed by atoms with Crippen molar-refractivity contribution in [2.24, 2.45) is 5.92 Å². The molecule has 300 valence electrons. The number of ketones is 1. The van der Waals surface area contributed by atoms with Gasteiger partial charge in [-0.1, -0.05) is 123 Å². The van der Waals surface area contributed by atoms with E-state index in [1.165, 1.54) is 121 Å². The van der Waals surface area contributed by atoms with Crippen molar-refractivity contribution in [3.8, 4) is 0 Å². The lowest BCUT2D eigenvalue weighted by Gasteiger charge is -2.40. The number of aliphatic hydroxyl groups is 6. The van der Waals surface area contributed by atoms with Crippen LogP contribution in [0.25, 0.3) is 0 Å². The van der Waals surface area contributed by atoms with Crippen LogP contribution in [0.2, 0.25) is 0 Å². The molecule has 1 heterocycles. The van der Waals surface area contributed by atoms with Gasteiger partial charge in [0.25, 0.3) is 0 Å². The van der Waals surface area contributed by atoms with Crippen LogP contribution < -0.4 is 0 Å². The summed E-state index contributed by atoms with van der Waals surface area (Å²) in [5, 5.41) is 60.7. The lowest BCUT2D eigenvalue weighted by Crippen LogP contribution is -2.59. The van der Waals surface area contributed by atoms with Crippen molar-refractivity contribution in [1.29, 1.82) is 0 Å². The molecule has 0 aliphatic carbocycles. The smallest absolute Gasteiger partial charge is 0.186 e. The first kappa shape index (κ1) is 47.7. The first-order valence-electron chi connectivity index (χ1n) is 20.5. The number of aliphatic hydroxyl groups excluding tert-OH is 6. The highest BCUT2D eigenvalue weighted by atomic mass is 32.3. The third-order valence-electron chi connectivity index (χ3n) is 10.6. The maximum Gasteiger partial charge on any atom is 0.186 e. The summed E-state index contributed by atoms with van der Waals surface area (Å²) in [4.78, 5) is 12.9. The molecular weight excluding hydrogens is 656 g/mol. The standard InChI is InChI=1S/C40H80O9S/c1-5-7-8-9-10-11-12-13-14-15-16-17-18-19-21-24-27-50(3,4)28-25-22-20-23-26-33(42)29-32(36(44)34(43)6-2)31-48-40-39(47)38(46)37(45)35(30-41)49-40/h32,34-41,43-47H,5-31H2,1-4H3/t32-,34+,35?,36-,37?,38?,39?,40?/m0/s1. The van der Waals surface area contributed by atoms with Crippen molar-refractivity contribution in [2.75, 3.05) is 37.2 Å². The summed E-state index contributed by atoms with van der Waals surface area (Å²) in [5.74, 6) is 1.86. The van der Waals surface area contributed by atoms with Gasteiger partial charge in [0, 0.05) is 18.8 Å². The molecule has 9 nitrogen and oxygen atoms in total. The zero-order valence-corrected chi connectivity index (χ0v) is 33.3. The molecule has 0 saturated carbocycles. The topological polar surface area (TPSA) is 157 Å². The summed E-state index contributed by atoms with van der Waals surface area (Å²) < 4.78 is 11.0. The molecule has 1 aliphatic heterocycles. The van der Waals surface area contributed by atoms with Gasteiger partial charge < -0.3 is 40.1 Å². The van der Waals surface area contributed by atoms with Gasteiger partial charge in [-0.2, -0.15) is 0 Å². The van der Waals surface area contributed by atoms with Crippen molar-refractivity contribution in [2.45, 2.75) is 204 Å². The van der Waals surface area contributed by atoms with E-state index < -0.39 is 65.5 Å². The molecule has 0 spiro atoms. The molecular formula is C40H80O9S. The average molecular weight is 737 g/mol. The molecule has 10 heteroatoms. The molecule has 0 amide bonds. The summed E-state index contributed by atoms with van der Waals surface area (Å²) in [6.45, 7) is 3.23. The molecule has 0 aromatic rings. The molecule has 50 heavy (non-hydrogen) atoms. The number of unbranched alkanes of at least 4 members (excludes halogenated alkanes) is 18. The first-order valence-corrected chi connectivity index (χ1v) is 23.2. The van der Waals surface area contributed by atoms with Crippen molar-refractivity contribution in [3.05, 3.63) is 0 Å². The second-order valence-electron chi connectivity index (χ2n) is 15.6. The van der Waals surface area contributed by atoms with E-state index in [4.69, 9.17) is 9.47 Å². The molecule has 0 radical (unpaired) electrons.